The number of ether oxygens (including phenoxy) is 18. The zero-order valence-electron chi connectivity index (χ0n) is 79.4. The Bertz CT molecular complexity index is 4170. The first-order valence-corrected chi connectivity index (χ1v) is 47.5. The summed E-state index contributed by atoms with van der Waals surface area (Å²) in [5, 5.41) is 238. The predicted molar refractivity (Wildman–Crippen MR) is 463 cm³/mol. The van der Waals surface area contributed by atoms with E-state index < -0.39 is 341 Å². The largest absolute Gasteiger partial charge is 0.452 e. The van der Waals surface area contributed by atoms with Gasteiger partial charge in [-0.25, -0.2) is 9.59 Å². The molecule has 0 radical (unpaired) electrons. The number of carbonyl (C=O) groups is 3. The standard InChI is InChI=1S/C94H148O42/c1-16-89(11,117)26-18-20-40(3)76(114)130-72-56(100)42(5)125-83(75(72)131-77(115)41(4)21-19-27-90(12,118)17-2)124-39-51-61(105)63(107)74(135-82-68(112)64(108)70(43(6)126-82)132-81-69(113)71(49(98)37-122-81)133-79-66(110)58(102)47(96)35-120-79)85(128-51)136-86(116)94-31-30-87(7,8)32-45(94)44-22-23-53-91(13)28-25-55(88(9,10)52(91)24-29-92(53,14)93(44,15)33-54(94)99)129-84-73(134-80-67(111)59(103)48(97)36-121-80)62(106)60(104)50(127-84)38-123-78-65(109)57(101)46(95)34-119-78/h16-17,20-22,42-43,45-75,78-85,95-113,117-118H,1-2,18-19,23-39H2,3-15H3/b40-20+,41-21+/t42-,43-,45-,46-,47+,48+,49+,50+,51+,52-,53+,54+,55-,56-,57-,58-,59-,60+,61+,62-,63-,64-,65+,66+,67+,68+,69+,70-,71-,72+,73+,74+,75+,78-,79-,80-,81-,82-,83+,84-,85-,89+,90+,91-,92+,93+,94+/m0/s1. The molecule has 47 atom stereocenters. The monoisotopic (exact) mass is 1950 g/mol. The summed E-state index contributed by atoms with van der Waals surface area (Å²) in [5.41, 5.74) is -6.77. The Hall–Kier alpha value is -4.33. The number of aliphatic hydroxyl groups is 21. The van der Waals surface area contributed by atoms with Crippen molar-refractivity contribution in [2.24, 2.45) is 50.2 Å². The molecule has 4 saturated carbocycles. The van der Waals surface area contributed by atoms with E-state index in [1.54, 1.807) is 0 Å². The van der Waals surface area contributed by atoms with Crippen LogP contribution in [0.2, 0.25) is 0 Å². The van der Waals surface area contributed by atoms with Crippen molar-refractivity contribution in [1.29, 1.82) is 0 Å². The van der Waals surface area contributed by atoms with Crippen LogP contribution in [0.1, 0.15) is 173 Å². The summed E-state index contributed by atoms with van der Waals surface area (Å²) in [6.07, 6.45) is -54.0. The second-order valence-electron chi connectivity index (χ2n) is 42.6. The maximum Gasteiger partial charge on any atom is 0.333 e. The van der Waals surface area contributed by atoms with Crippen molar-refractivity contribution < 1.29 is 207 Å². The number of rotatable bonds is 30. The van der Waals surface area contributed by atoms with E-state index in [0.717, 1.165) is 5.57 Å². The molecule has 13 rings (SSSR count). The second-order valence-corrected chi connectivity index (χ2v) is 42.6. The second kappa shape index (κ2) is 42.8. The van der Waals surface area contributed by atoms with Gasteiger partial charge in [-0.1, -0.05) is 84.4 Å². The van der Waals surface area contributed by atoms with E-state index >= 15 is 4.79 Å². The minimum Gasteiger partial charge on any atom is -0.452 e. The third kappa shape index (κ3) is 21.7. The smallest absolute Gasteiger partial charge is 0.333 e. The number of hydrogen-bond acceptors (Lipinski definition) is 42. The summed E-state index contributed by atoms with van der Waals surface area (Å²) in [5.74, 6) is -4.07. The third-order valence-electron chi connectivity index (χ3n) is 32.4. The van der Waals surface area contributed by atoms with Gasteiger partial charge in [-0.3, -0.25) is 4.79 Å². The quantitative estimate of drug-likeness (QED) is 0.0114. The fourth-order valence-electron chi connectivity index (χ4n) is 23.3. The number of aliphatic hydroxyl groups excluding tert-OH is 19. The summed E-state index contributed by atoms with van der Waals surface area (Å²) >= 11 is 0. The first kappa shape index (κ1) is 109. The zero-order chi connectivity index (χ0) is 99.8. The van der Waals surface area contributed by atoms with E-state index in [9.17, 15) is 117 Å². The average Bonchev–Trinajstić information content (AvgIpc) is 0.668. The topological polar surface area (TPSA) is 642 Å². The van der Waals surface area contributed by atoms with E-state index in [0.29, 0.717) is 44.9 Å². The highest BCUT2D eigenvalue weighted by Gasteiger charge is 2.73. The van der Waals surface area contributed by atoms with Crippen molar-refractivity contribution in [3.8, 4) is 0 Å². The molecule has 0 aromatic rings. The molecular formula is C94H148O42. The summed E-state index contributed by atoms with van der Waals surface area (Å²) < 4.78 is 110. The highest BCUT2D eigenvalue weighted by molar-refractivity contribution is 5.89. The lowest BCUT2D eigenvalue weighted by molar-refractivity contribution is -0.381. The van der Waals surface area contributed by atoms with Crippen LogP contribution in [0.3, 0.4) is 0 Å². The Morgan fingerprint density at radius 1 is 0.441 bits per heavy atom. The molecule has 12 fully saturated rings. The number of esters is 3. The van der Waals surface area contributed by atoms with Gasteiger partial charge in [0.05, 0.1) is 75.3 Å². The van der Waals surface area contributed by atoms with E-state index in [1.807, 2.05) is 0 Å². The maximum atomic E-state index is 16.6. The molecule has 0 bridgehead atoms. The fraction of sp³-hybridized carbons (Fsp3) is 0.862. The van der Waals surface area contributed by atoms with Gasteiger partial charge in [0, 0.05) is 11.1 Å². The Morgan fingerprint density at radius 3 is 1.45 bits per heavy atom. The molecule has 42 nitrogen and oxygen atoms in total. The van der Waals surface area contributed by atoms with Gasteiger partial charge in [0.2, 0.25) is 6.29 Å². The van der Waals surface area contributed by atoms with Crippen LogP contribution < -0.4 is 0 Å². The Balaban J connectivity index is 0.786. The molecule has 0 aromatic heterocycles. The van der Waals surface area contributed by atoms with Crippen LogP contribution in [0.15, 0.2) is 60.3 Å². The average molecular weight is 1950 g/mol. The lowest BCUT2D eigenvalue weighted by atomic mass is 9.33. The van der Waals surface area contributed by atoms with Gasteiger partial charge >= 0.3 is 17.9 Å². The van der Waals surface area contributed by atoms with Gasteiger partial charge in [0.1, 0.15) is 146 Å². The molecular weight excluding hydrogens is 1800 g/mol. The SMILES string of the molecule is C=C[C@@](C)(O)CC/C=C(\C)C(=O)O[C@@H]1[C@@H](O)[C@H](C)O[C@@H](OC[C@H]2O[C@@H](OC(=O)[C@]34CCC(C)(C)C[C@H]3C3=CC[C@@H]5[C@@]6(C)CC[C@H](O[C@@H]7O[C@H](CO[C@@H]8OC[C@H](O)[C@H](O)[C@H]8O)[C@@H](O)[C@H](O)[C@H]7O[C@@H]7OC[C@@H](O)[C@H](O)[C@H]7O)C(C)(C)[C@@H]6CC[C@@]5(C)[C@]3(C)C[C@H]4O)[C@H](O[C@@H]3O[C@@H](C)[C@H](O[C@@H]4OC[C@@H](O)[C@H](O[C@@H]5OC[C@@H](O)[C@H](O)[C@H]5O)[C@H]4O)[C@@H](O)[C@H]3O)[C@@H](O)[C@@H]2O)[C@@H]1OC(=O)/C(C)=C/CC[C@](C)(O)C=C. The van der Waals surface area contributed by atoms with E-state index in [2.05, 4.69) is 67.7 Å². The van der Waals surface area contributed by atoms with Crippen molar-refractivity contribution >= 4 is 17.9 Å². The number of carbonyl (C=O) groups excluding carboxylic acids is 3. The van der Waals surface area contributed by atoms with Crippen LogP contribution >= 0.6 is 0 Å². The number of fused-ring (bicyclic) bond motifs is 7. The lowest BCUT2D eigenvalue weighted by Gasteiger charge is -2.72. The normalized spacial score (nSPS) is 48.5. The Kier molecular flexibility index (Phi) is 34.2. The van der Waals surface area contributed by atoms with Crippen LogP contribution in [0.4, 0.5) is 0 Å². The molecule has 136 heavy (non-hydrogen) atoms. The van der Waals surface area contributed by atoms with Gasteiger partial charge in [0.15, 0.2) is 62.3 Å². The molecule has 0 spiro atoms. The maximum absolute atomic E-state index is 16.6. The first-order chi connectivity index (χ1) is 63.6. The van der Waals surface area contributed by atoms with E-state index in [1.165, 1.54) is 65.8 Å². The van der Waals surface area contributed by atoms with Crippen LogP contribution in [-0.2, 0) is 99.6 Å². The van der Waals surface area contributed by atoms with Gasteiger partial charge in [-0.05, 0) is 170 Å². The fourth-order valence-corrected chi connectivity index (χ4v) is 23.3. The molecule has 42 heteroatoms. The van der Waals surface area contributed by atoms with Crippen LogP contribution in [0.5, 0.6) is 0 Å². The first-order valence-electron chi connectivity index (χ1n) is 47.5. The molecule has 8 heterocycles. The summed E-state index contributed by atoms with van der Waals surface area (Å²) in [7, 11) is 0. The van der Waals surface area contributed by atoms with E-state index in [-0.39, 0.29) is 61.5 Å². The molecule has 776 valence electrons. The highest BCUT2D eigenvalue weighted by Crippen LogP contribution is 2.76. The number of hydrogen-bond donors (Lipinski definition) is 21. The zero-order valence-corrected chi connectivity index (χ0v) is 79.4. The molecule has 0 aromatic carbocycles. The molecule has 13 aliphatic rings. The van der Waals surface area contributed by atoms with Crippen LogP contribution in [0, 0.1) is 50.2 Å². The summed E-state index contributed by atoms with van der Waals surface area (Å²) in [4.78, 5) is 45.0. The van der Waals surface area contributed by atoms with Gasteiger partial charge in [-0.2, -0.15) is 0 Å². The van der Waals surface area contributed by atoms with Crippen molar-refractivity contribution in [3.05, 3.63) is 60.3 Å². The lowest BCUT2D eigenvalue weighted by Crippen LogP contribution is -2.69. The van der Waals surface area contributed by atoms with Crippen LogP contribution in [0.25, 0.3) is 0 Å². The van der Waals surface area contributed by atoms with Gasteiger partial charge in [-0.15, -0.1) is 13.2 Å². The highest BCUT2D eigenvalue weighted by atomic mass is 16.8. The molecule has 0 amide bonds. The van der Waals surface area contributed by atoms with Gasteiger partial charge < -0.3 is 193 Å². The number of allylic oxidation sites excluding steroid dienone is 4. The van der Waals surface area contributed by atoms with Crippen molar-refractivity contribution in [3.63, 3.8) is 0 Å². The summed E-state index contributed by atoms with van der Waals surface area (Å²) in [6.45, 7) is 27.4. The molecule has 8 aliphatic heterocycles. The van der Waals surface area contributed by atoms with Crippen molar-refractivity contribution in [2.75, 3.05) is 39.6 Å². The molecule has 8 saturated heterocycles. The Labute approximate surface area is 789 Å². The molecule has 21 N–H and O–H groups in total. The molecule has 5 aliphatic carbocycles. The van der Waals surface area contributed by atoms with E-state index in [4.69, 9.17) is 85.3 Å². The Morgan fingerprint density at radius 2 is 0.897 bits per heavy atom. The predicted octanol–water partition coefficient (Wildman–Crippen LogP) is -2.73. The minimum absolute atomic E-state index is 0.00377. The van der Waals surface area contributed by atoms with Gasteiger partial charge in [0.25, 0.3) is 0 Å². The van der Waals surface area contributed by atoms with Crippen LogP contribution in [-0.4, -0.2) is 409 Å². The minimum atomic E-state index is -2.26. The van der Waals surface area contributed by atoms with Crippen molar-refractivity contribution in [1.82, 2.24) is 0 Å². The summed E-state index contributed by atoms with van der Waals surface area (Å²) in [6, 6.07) is 0. The molecule has 0 unspecified atom stereocenters. The third-order valence-corrected chi connectivity index (χ3v) is 32.4. The van der Waals surface area contributed by atoms with Crippen molar-refractivity contribution in [2.45, 2.75) is 418 Å².